The van der Waals surface area contributed by atoms with E-state index in [4.69, 9.17) is 0 Å². The first-order valence-corrected chi connectivity index (χ1v) is 7.37. The normalized spacial score (nSPS) is 12.4. The molecule has 0 aliphatic carbocycles. The van der Waals surface area contributed by atoms with E-state index in [0.717, 1.165) is 10.9 Å². The highest BCUT2D eigenvalue weighted by molar-refractivity contribution is 9.10. The summed E-state index contributed by atoms with van der Waals surface area (Å²) in [5, 5.41) is 3.41. The monoisotopic (exact) mass is 317 g/mol. The fourth-order valence-electron chi connectivity index (χ4n) is 2.53. The van der Waals surface area contributed by atoms with Crippen molar-refractivity contribution in [3.8, 4) is 0 Å². The van der Waals surface area contributed by atoms with E-state index in [2.05, 4.69) is 77.6 Å². The summed E-state index contributed by atoms with van der Waals surface area (Å²) in [6.45, 7) is 4.31. The molecular weight excluding hydrogens is 298 g/mol. The van der Waals surface area contributed by atoms with Gasteiger partial charge in [0.05, 0.1) is 0 Å². The molecule has 0 saturated heterocycles. The van der Waals surface area contributed by atoms with Gasteiger partial charge in [-0.3, -0.25) is 0 Å². The fraction of sp³-hybridized carbons (Fsp3) is 0.294. The standard InChI is InChI=1S/C17H20BrN/c1-12-7-13(2)9-14(8-12)10-17(19-3)15-5-4-6-16(18)11-15/h4-9,11,17,19H,10H2,1-3H3. The van der Waals surface area contributed by atoms with Gasteiger partial charge in [0.15, 0.2) is 0 Å². The highest BCUT2D eigenvalue weighted by Crippen LogP contribution is 2.22. The molecule has 0 amide bonds. The topological polar surface area (TPSA) is 12.0 Å². The second-order valence-electron chi connectivity index (χ2n) is 5.10. The van der Waals surface area contributed by atoms with Crippen LogP contribution in [0.3, 0.4) is 0 Å². The Morgan fingerprint density at radius 1 is 1.05 bits per heavy atom. The lowest BCUT2D eigenvalue weighted by Crippen LogP contribution is -2.18. The minimum absolute atomic E-state index is 0.346. The summed E-state index contributed by atoms with van der Waals surface area (Å²) in [7, 11) is 2.02. The highest BCUT2D eigenvalue weighted by Gasteiger charge is 2.10. The molecule has 0 aliphatic heterocycles. The van der Waals surface area contributed by atoms with Crippen LogP contribution in [0.2, 0.25) is 0 Å². The van der Waals surface area contributed by atoms with Gasteiger partial charge in [0.2, 0.25) is 0 Å². The van der Waals surface area contributed by atoms with Gasteiger partial charge in [-0.1, -0.05) is 57.4 Å². The van der Waals surface area contributed by atoms with Crippen molar-refractivity contribution in [2.45, 2.75) is 26.3 Å². The Labute approximate surface area is 124 Å². The largest absolute Gasteiger partial charge is 0.313 e. The molecule has 0 spiro atoms. The summed E-state index contributed by atoms with van der Waals surface area (Å²) in [5.74, 6) is 0. The van der Waals surface area contributed by atoms with Gasteiger partial charge < -0.3 is 5.32 Å². The van der Waals surface area contributed by atoms with Gasteiger partial charge in [-0.05, 0) is 50.6 Å². The smallest absolute Gasteiger partial charge is 0.0358 e. The summed E-state index contributed by atoms with van der Waals surface area (Å²) < 4.78 is 1.13. The lowest BCUT2D eigenvalue weighted by atomic mass is 9.97. The van der Waals surface area contributed by atoms with E-state index in [1.165, 1.54) is 22.3 Å². The van der Waals surface area contributed by atoms with E-state index < -0.39 is 0 Å². The zero-order valence-electron chi connectivity index (χ0n) is 11.7. The molecule has 19 heavy (non-hydrogen) atoms. The van der Waals surface area contributed by atoms with Crippen LogP contribution in [-0.4, -0.2) is 7.05 Å². The molecule has 1 nitrogen and oxygen atoms in total. The third-order valence-electron chi connectivity index (χ3n) is 3.32. The average Bonchev–Trinajstić information content (AvgIpc) is 2.34. The maximum absolute atomic E-state index is 3.54. The van der Waals surface area contributed by atoms with E-state index in [0.29, 0.717) is 6.04 Å². The van der Waals surface area contributed by atoms with Crippen LogP contribution < -0.4 is 5.32 Å². The summed E-state index contributed by atoms with van der Waals surface area (Å²) in [6.07, 6.45) is 1.01. The lowest BCUT2D eigenvalue weighted by Gasteiger charge is -2.18. The van der Waals surface area contributed by atoms with Crippen molar-refractivity contribution in [1.29, 1.82) is 0 Å². The van der Waals surface area contributed by atoms with E-state index in [1.54, 1.807) is 0 Å². The van der Waals surface area contributed by atoms with Crippen LogP contribution in [0.15, 0.2) is 46.9 Å². The van der Waals surface area contributed by atoms with Crippen LogP contribution in [0, 0.1) is 13.8 Å². The van der Waals surface area contributed by atoms with Gasteiger partial charge in [0.25, 0.3) is 0 Å². The Kier molecular flexibility index (Phi) is 4.78. The van der Waals surface area contributed by atoms with Crippen LogP contribution in [0.5, 0.6) is 0 Å². The summed E-state index contributed by atoms with van der Waals surface area (Å²) in [6, 6.07) is 15.6. The van der Waals surface area contributed by atoms with Crippen LogP contribution in [0.4, 0.5) is 0 Å². The molecule has 0 bridgehead atoms. The minimum Gasteiger partial charge on any atom is -0.313 e. The van der Waals surface area contributed by atoms with Crippen LogP contribution in [0.1, 0.15) is 28.3 Å². The third kappa shape index (κ3) is 3.92. The predicted octanol–water partition coefficient (Wildman–Crippen LogP) is 4.57. The number of aryl methyl sites for hydroxylation is 2. The van der Waals surface area contributed by atoms with Crippen molar-refractivity contribution in [3.05, 3.63) is 69.2 Å². The van der Waals surface area contributed by atoms with Crippen LogP contribution >= 0.6 is 15.9 Å². The van der Waals surface area contributed by atoms with Crippen LogP contribution in [0.25, 0.3) is 0 Å². The molecule has 1 N–H and O–H groups in total. The van der Waals surface area contributed by atoms with Crippen molar-refractivity contribution in [3.63, 3.8) is 0 Å². The van der Waals surface area contributed by atoms with Crippen molar-refractivity contribution in [1.82, 2.24) is 5.32 Å². The molecule has 1 unspecified atom stereocenters. The number of hydrogen-bond acceptors (Lipinski definition) is 1. The molecule has 0 saturated carbocycles. The molecule has 0 radical (unpaired) electrons. The summed E-state index contributed by atoms with van der Waals surface area (Å²) in [4.78, 5) is 0. The van der Waals surface area contributed by atoms with Crippen molar-refractivity contribution in [2.75, 3.05) is 7.05 Å². The Hall–Kier alpha value is -1.12. The molecule has 1 atom stereocenters. The Morgan fingerprint density at radius 3 is 2.32 bits per heavy atom. The maximum Gasteiger partial charge on any atom is 0.0358 e. The van der Waals surface area contributed by atoms with Crippen molar-refractivity contribution >= 4 is 15.9 Å². The molecule has 2 rings (SSSR count). The van der Waals surface area contributed by atoms with E-state index in [1.807, 2.05) is 7.05 Å². The second kappa shape index (κ2) is 6.36. The van der Waals surface area contributed by atoms with Crippen LogP contribution in [-0.2, 0) is 6.42 Å². The number of halogens is 1. The molecule has 2 aromatic carbocycles. The molecule has 0 fully saturated rings. The summed E-state index contributed by atoms with van der Waals surface area (Å²) in [5.41, 5.74) is 5.37. The van der Waals surface area contributed by atoms with Gasteiger partial charge in [0, 0.05) is 10.5 Å². The van der Waals surface area contributed by atoms with Crippen molar-refractivity contribution in [2.24, 2.45) is 0 Å². The lowest BCUT2D eigenvalue weighted by molar-refractivity contribution is 0.591. The first-order chi connectivity index (χ1) is 9.08. The number of rotatable bonds is 4. The summed E-state index contributed by atoms with van der Waals surface area (Å²) >= 11 is 3.54. The second-order valence-corrected chi connectivity index (χ2v) is 6.01. The zero-order valence-corrected chi connectivity index (χ0v) is 13.3. The molecule has 0 aliphatic rings. The fourth-order valence-corrected chi connectivity index (χ4v) is 2.95. The molecule has 100 valence electrons. The van der Waals surface area contributed by atoms with Gasteiger partial charge in [-0.2, -0.15) is 0 Å². The Morgan fingerprint density at radius 2 is 1.74 bits per heavy atom. The highest BCUT2D eigenvalue weighted by atomic mass is 79.9. The first-order valence-electron chi connectivity index (χ1n) is 6.58. The number of hydrogen-bond donors (Lipinski definition) is 1. The Bertz CT molecular complexity index is 543. The Balaban J connectivity index is 2.23. The van der Waals surface area contributed by atoms with Crippen molar-refractivity contribution < 1.29 is 0 Å². The van der Waals surface area contributed by atoms with Gasteiger partial charge in [0.1, 0.15) is 0 Å². The van der Waals surface area contributed by atoms with Gasteiger partial charge in [-0.15, -0.1) is 0 Å². The molecule has 0 aromatic heterocycles. The SMILES string of the molecule is CNC(Cc1cc(C)cc(C)c1)c1cccc(Br)c1. The van der Waals surface area contributed by atoms with Gasteiger partial charge >= 0.3 is 0 Å². The molecule has 2 heteroatoms. The first kappa shape index (κ1) is 14.3. The minimum atomic E-state index is 0.346. The van der Waals surface area contributed by atoms with E-state index in [9.17, 15) is 0 Å². The average molecular weight is 318 g/mol. The van der Waals surface area contributed by atoms with Gasteiger partial charge in [-0.25, -0.2) is 0 Å². The zero-order chi connectivity index (χ0) is 13.8. The quantitative estimate of drug-likeness (QED) is 0.871. The number of likely N-dealkylation sites (N-methyl/N-ethyl adjacent to an activating group) is 1. The third-order valence-corrected chi connectivity index (χ3v) is 3.81. The predicted molar refractivity (Wildman–Crippen MR) is 85.6 cm³/mol. The number of nitrogens with one attached hydrogen (secondary N) is 1. The number of benzene rings is 2. The van der Waals surface area contributed by atoms with E-state index >= 15 is 0 Å². The van der Waals surface area contributed by atoms with E-state index in [-0.39, 0.29) is 0 Å². The molecule has 0 heterocycles. The maximum atomic E-state index is 3.54. The molecular formula is C17H20BrN. The molecule has 2 aromatic rings.